The highest BCUT2D eigenvalue weighted by molar-refractivity contribution is 7.90. The van der Waals surface area contributed by atoms with Gasteiger partial charge >= 0.3 is 0 Å². The number of sulfonamides is 2. The second-order valence-electron chi connectivity index (χ2n) is 5.39. The van der Waals surface area contributed by atoms with Crippen LogP contribution in [0, 0.1) is 0 Å². The molecule has 0 bridgehead atoms. The molecule has 6 nitrogen and oxygen atoms in total. The molecule has 0 saturated heterocycles. The molecule has 3 rings (SSSR count). The number of halogens is 1. The summed E-state index contributed by atoms with van der Waals surface area (Å²) in [5.41, 5.74) is 0.0662. The van der Waals surface area contributed by atoms with Crippen molar-refractivity contribution in [2.24, 2.45) is 8.80 Å². The van der Waals surface area contributed by atoms with Gasteiger partial charge in [0.1, 0.15) is 0 Å². The summed E-state index contributed by atoms with van der Waals surface area (Å²) >= 11 is 6.08. The van der Waals surface area contributed by atoms with Crippen LogP contribution in [0.2, 0.25) is 0 Å². The van der Waals surface area contributed by atoms with Crippen LogP contribution in [-0.4, -0.2) is 28.3 Å². The first-order chi connectivity index (χ1) is 12.8. The predicted molar refractivity (Wildman–Crippen MR) is 105 cm³/mol. The zero-order chi connectivity index (χ0) is 19.5. The zero-order valence-corrected chi connectivity index (χ0v) is 16.1. The molecule has 0 radical (unpaired) electrons. The van der Waals surface area contributed by atoms with Crippen LogP contribution in [-0.2, 0) is 20.0 Å². The summed E-state index contributed by atoms with van der Waals surface area (Å²) in [4.78, 5) is 0.0722. The molecule has 0 saturated carbocycles. The summed E-state index contributed by atoms with van der Waals surface area (Å²) in [6, 6.07) is 15.4. The Balaban J connectivity index is 1.92. The number of hydrogen-bond acceptors (Lipinski definition) is 4. The van der Waals surface area contributed by atoms with Crippen LogP contribution < -0.4 is 0 Å². The van der Waals surface area contributed by atoms with Gasteiger partial charge in [-0.2, -0.15) is 25.6 Å². The second kappa shape index (κ2) is 7.59. The lowest BCUT2D eigenvalue weighted by Gasteiger charge is -2.07. The third-order valence-corrected chi connectivity index (χ3v) is 6.38. The van der Waals surface area contributed by atoms with Gasteiger partial charge in [-0.05, 0) is 42.5 Å². The topological polar surface area (TPSA) is 93.0 Å². The number of nitrogens with zero attached hydrogens (tertiary/aromatic N) is 2. The Bertz CT molecular complexity index is 1180. The molecule has 0 amide bonds. The molecule has 0 atom stereocenters. The quantitative estimate of drug-likeness (QED) is 0.709. The van der Waals surface area contributed by atoms with Crippen LogP contribution in [0.25, 0.3) is 0 Å². The smallest absolute Gasteiger partial charge is 0.199 e. The molecular formula is C18H13ClN2O4S2. The predicted octanol–water partition coefficient (Wildman–Crippen LogP) is 3.34. The van der Waals surface area contributed by atoms with Crippen molar-refractivity contribution in [1.29, 1.82) is 0 Å². The number of rotatable bonds is 4. The van der Waals surface area contributed by atoms with Crippen LogP contribution in [0.5, 0.6) is 0 Å². The Morgan fingerprint density at radius 3 is 1.63 bits per heavy atom. The van der Waals surface area contributed by atoms with Crippen molar-refractivity contribution in [3.63, 3.8) is 0 Å². The molecule has 0 aromatic heterocycles. The Hall–Kier alpha value is -2.55. The molecule has 138 valence electrons. The van der Waals surface area contributed by atoms with E-state index in [1.807, 2.05) is 0 Å². The minimum atomic E-state index is -3.94. The van der Waals surface area contributed by atoms with E-state index in [0.29, 0.717) is 0 Å². The SMILES string of the molecule is O=S(=O)(/N=C1C=C/C(=N\S(=O)(=O)c2ccccc2)C(Cl)=C\1)c1ccccc1. The van der Waals surface area contributed by atoms with Crippen LogP contribution in [0.1, 0.15) is 0 Å². The molecule has 27 heavy (non-hydrogen) atoms. The third kappa shape index (κ3) is 4.60. The first kappa shape index (κ1) is 19.2. The van der Waals surface area contributed by atoms with Gasteiger partial charge in [-0.1, -0.05) is 48.0 Å². The van der Waals surface area contributed by atoms with Crippen LogP contribution in [0.4, 0.5) is 0 Å². The molecule has 1 aliphatic carbocycles. The minimum Gasteiger partial charge on any atom is -0.199 e. The highest BCUT2D eigenvalue weighted by atomic mass is 35.5. The molecule has 2 aromatic rings. The monoisotopic (exact) mass is 420 g/mol. The van der Waals surface area contributed by atoms with Gasteiger partial charge < -0.3 is 0 Å². The summed E-state index contributed by atoms with van der Waals surface area (Å²) < 4.78 is 56.6. The molecule has 2 aromatic carbocycles. The summed E-state index contributed by atoms with van der Waals surface area (Å²) in [6.45, 7) is 0. The Morgan fingerprint density at radius 1 is 0.667 bits per heavy atom. The zero-order valence-electron chi connectivity index (χ0n) is 13.7. The average molecular weight is 421 g/mol. The van der Waals surface area contributed by atoms with E-state index in [1.54, 1.807) is 36.4 Å². The maximum absolute atomic E-state index is 12.3. The lowest BCUT2D eigenvalue weighted by molar-refractivity contribution is 0.596. The molecule has 0 unspecified atom stereocenters. The first-order valence-electron chi connectivity index (χ1n) is 7.64. The normalized spacial score (nSPS) is 17.9. The van der Waals surface area contributed by atoms with Crippen molar-refractivity contribution >= 4 is 43.1 Å². The lowest BCUT2D eigenvalue weighted by atomic mass is 10.1. The van der Waals surface area contributed by atoms with Crippen molar-refractivity contribution in [2.75, 3.05) is 0 Å². The van der Waals surface area contributed by atoms with Crippen LogP contribution in [0.3, 0.4) is 0 Å². The van der Waals surface area contributed by atoms with Gasteiger partial charge in [0, 0.05) is 0 Å². The molecule has 0 N–H and O–H groups in total. The van der Waals surface area contributed by atoms with Gasteiger partial charge in [-0.25, -0.2) is 0 Å². The van der Waals surface area contributed by atoms with Gasteiger partial charge in [-0.15, -0.1) is 0 Å². The summed E-state index contributed by atoms with van der Waals surface area (Å²) in [7, 11) is -7.84. The second-order valence-corrected chi connectivity index (χ2v) is 9.01. The van der Waals surface area contributed by atoms with Gasteiger partial charge in [-0.3, -0.25) is 0 Å². The molecular weight excluding hydrogens is 408 g/mol. The van der Waals surface area contributed by atoms with Crippen molar-refractivity contribution in [3.8, 4) is 0 Å². The molecule has 0 spiro atoms. The molecule has 9 heteroatoms. The van der Waals surface area contributed by atoms with Crippen LogP contribution in [0.15, 0.2) is 103 Å². The van der Waals surface area contributed by atoms with E-state index in [4.69, 9.17) is 11.6 Å². The van der Waals surface area contributed by atoms with Crippen molar-refractivity contribution in [2.45, 2.75) is 9.79 Å². The van der Waals surface area contributed by atoms with E-state index in [-0.39, 0.29) is 26.2 Å². The van der Waals surface area contributed by atoms with E-state index in [0.717, 1.165) is 0 Å². The van der Waals surface area contributed by atoms with Crippen molar-refractivity contribution in [1.82, 2.24) is 0 Å². The fourth-order valence-electron chi connectivity index (χ4n) is 2.19. The van der Waals surface area contributed by atoms with Gasteiger partial charge in [0.15, 0.2) is 0 Å². The highest BCUT2D eigenvalue weighted by Gasteiger charge is 2.18. The minimum absolute atomic E-state index is 0.00317. The summed E-state index contributed by atoms with van der Waals surface area (Å²) in [5.74, 6) is 0. The Morgan fingerprint density at radius 2 is 1.15 bits per heavy atom. The maximum Gasteiger partial charge on any atom is 0.282 e. The number of benzene rings is 2. The summed E-state index contributed by atoms with van der Waals surface area (Å²) in [5, 5.41) is -0.0287. The van der Waals surface area contributed by atoms with Crippen molar-refractivity contribution < 1.29 is 16.8 Å². The van der Waals surface area contributed by atoms with E-state index in [9.17, 15) is 16.8 Å². The highest BCUT2D eigenvalue weighted by Crippen LogP contribution is 2.19. The largest absolute Gasteiger partial charge is 0.282 e. The van der Waals surface area contributed by atoms with Gasteiger partial charge in [0.05, 0.1) is 26.2 Å². The van der Waals surface area contributed by atoms with E-state index < -0.39 is 20.0 Å². The number of allylic oxidation sites excluding steroid dienone is 4. The third-order valence-electron chi connectivity index (χ3n) is 3.46. The molecule has 0 heterocycles. The molecule has 0 aliphatic heterocycles. The van der Waals surface area contributed by atoms with Gasteiger partial charge in [0.2, 0.25) is 0 Å². The maximum atomic E-state index is 12.3. The van der Waals surface area contributed by atoms with E-state index in [2.05, 4.69) is 8.80 Å². The van der Waals surface area contributed by atoms with E-state index in [1.165, 1.54) is 42.5 Å². The fraction of sp³-hybridized carbons (Fsp3) is 0. The van der Waals surface area contributed by atoms with Gasteiger partial charge in [0.25, 0.3) is 20.0 Å². The first-order valence-corrected chi connectivity index (χ1v) is 10.9. The van der Waals surface area contributed by atoms with Crippen molar-refractivity contribution in [3.05, 3.63) is 83.9 Å². The molecule has 1 aliphatic rings. The number of hydrogen-bond donors (Lipinski definition) is 0. The Kier molecular flexibility index (Phi) is 5.41. The molecule has 0 fully saturated rings. The Labute approximate surface area is 162 Å². The summed E-state index contributed by atoms with van der Waals surface area (Å²) in [6.07, 6.45) is 3.90. The fourth-order valence-corrected chi connectivity index (χ4v) is 4.47. The standard InChI is InChI=1S/C18H13ClN2O4S2/c19-17-13-14(20-26(22,23)15-7-3-1-4-8-15)11-12-18(17)21-27(24,25)16-9-5-2-6-10-16/h1-13H/b20-14+,21-18+. The van der Waals surface area contributed by atoms with E-state index >= 15 is 0 Å². The van der Waals surface area contributed by atoms with Crippen LogP contribution >= 0.6 is 11.6 Å². The lowest BCUT2D eigenvalue weighted by Crippen LogP contribution is -2.10. The average Bonchev–Trinajstić information content (AvgIpc) is 2.65.